The zero-order valence-electron chi connectivity index (χ0n) is 12.3. The van der Waals surface area contributed by atoms with E-state index in [1.807, 2.05) is 13.8 Å². The number of aliphatic hydroxyl groups is 1. The van der Waals surface area contributed by atoms with Crippen molar-refractivity contribution in [2.24, 2.45) is 0 Å². The maximum atomic E-state index is 12.5. The summed E-state index contributed by atoms with van der Waals surface area (Å²) in [5, 5.41) is 20.8. The molecule has 20 heavy (non-hydrogen) atoms. The molecule has 0 radical (unpaired) electrons. The molecule has 2 rings (SSSR count). The maximum absolute atomic E-state index is 12.5. The first-order chi connectivity index (χ1) is 9.60. The lowest BCUT2D eigenvalue weighted by atomic mass is 9.82. The molecule has 1 aliphatic rings. The lowest BCUT2D eigenvalue weighted by molar-refractivity contribution is 0.0757. The van der Waals surface area contributed by atoms with Gasteiger partial charge in [-0.2, -0.15) is 10.2 Å². The van der Waals surface area contributed by atoms with E-state index in [2.05, 4.69) is 15.5 Å². The van der Waals surface area contributed by atoms with Crippen molar-refractivity contribution in [3.05, 3.63) is 23.0 Å². The summed E-state index contributed by atoms with van der Waals surface area (Å²) >= 11 is 0. The van der Waals surface area contributed by atoms with Crippen molar-refractivity contribution >= 4 is 5.91 Å². The zero-order valence-corrected chi connectivity index (χ0v) is 12.3. The van der Waals surface area contributed by atoms with Crippen LogP contribution in [0, 0.1) is 6.92 Å². The van der Waals surface area contributed by atoms with Crippen molar-refractivity contribution in [3.63, 3.8) is 0 Å². The molecule has 0 saturated heterocycles. The fraction of sp³-hybridized carbons (Fsp3) is 0.667. The molecule has 0 aromatic carbocycles. The van der Waals surface area contributed by atoms with Gasteiger partial charge in [0, 0.05) is 0 Å². The minimum absolute atomic E-state index is 0.00229. The highest BCUT2D eigenvalue weighted by atomic mass is 16.3. The van der Waals surface area contributed by atoms with Gasteiger partial charge < -0.3 is 10.4 Å². The van der Waals surface area contributed by atoms with Gasteiger partial charge >= 0.3 is 0 Å². The van der Waals surface area contributed by atoms with Gasteiger partial charge in [0.25, 0.3) is 5.91 Å². The van der Waals surface area contributed by atoms with Crippen molar-refractivity contribution in [2.75, 3.05) is 6.61 Å². The minimum atomic E-state index is -0.461. The van der Waals surface area contributed by atoms with Gasteiger partial charge in [-0.3, -0.25) is 4.79 Å². The number of nitrogens with one attached hydrogen (secondary N) is 1. The highest BCUT2D eigenvalue weighted by molar-refractivity contribution is 5.95. The van der Waals surface area contributed by atoms with Gasteiger partial charge in [-0.1, -0.05) is 26.2 Å². The van der Waals surface area contributed by atoms with Gasteiger partial charge in [0.05, 0.1) is 29.1 Å². The second kappa shape index (κ2) is 6.31. The third kappa shape index (κ3) is 3.15. The Labute approximate surface area is 119 Å². The smallest absolute Gasteiger partial charge is 0.253 e. The monoisotopic (exact) mass is 277 g/mol. The molecular weight excluding hydrogens is 254 g/mol. The summed E-state index contributed by atoms with van der Waals surface area (Å²) in [6.07, 6.45) is 5.63. The summed E-state index contributed by atoms with van der Waals surface area (Å²) in [6.45, 7) is 3.78. The van der Waals surface area contributed by atoms with E-state index < -0.39 is 5.54 Å². The van der Waals surface area contributed by atoms with Crippen LogP contribution in [0.4, 0.5) is 0 Å². The Balaban J connectivity index is 2.20. The molecule has 1 fully saturated rings. The van der Waals surface area contributed by atoms with Gasteiger partial charge in [0.15, 0.2) is 0 Å². The number of nitrogens with zero attached hydrogens (tertiary/aromatic N) is 2. The quantitative estimate of drug-likeness (QED) is 0.879. The highest BCUT2D eigenvalue weighted by Gasteiger charge is 2.33. The summed E-state index contributed by atoms with van der Waals surface area (Å²) < 4.78 is 0. The lowest BCUT2D eigenvalue weighted by Gasteiger charge is -2.36. The largest absolute Gasteiger partial charge is 0.394 e. The van der Waals surface area contributed by atoms with Crippen LogP contribution >= 0.6 is 0 Å². The number of carbonyl (C=O) groups excluding carboxylic acids is 1. The Kier molecular flexibility index (Phi) is 4.70. The molecule has 1 aliphatic carbocycles. The second-order valence-electron chi connectivity index (χ2n) is 5.65. The summed E-state index contributed by atoms with van der Waals surface area (Å²) in [7, 11) is 0. The van der Waals surface area contributed by atoms with Crippen molar-refractivity contribution in [1.82, 2.24) is 15.5 Å². The number of hydrogen-bond donors (Lipinski definition) is 2. The van der Waals surface area contributed by atoms with Gasteiger partial charge in [-0.15, -0.1) is 0 Å². The fourth-order valence-corrected chi connectivity index (χ4v) is 2.83. The van der Waals surface area contributed by atoms with Gasteiger partial charge in [0.2, 0.25) is 0 Å². The highest BCUT2D eigenvalue weighted by Crippen LogP contribution is 2.28. The Hall–Kier alpha value is -1.49. The zero-order chi connectivity index (χ0) is 14.6. The number of aliphatic hydroxyl groups excluding tert-OH is 1. The van der Waals surface area contributed by atoms with Crippen molar-refractivity contribution in [2.45, 2.75) is 57.9 Å². The molecule has 0 bridgehead atoms. The summed E-state index contributed by atoms with van der Waals surface area (Å²) in [6, 6.07) is 1.77. The third-order valence-electron chi connectivity index (χ3n) is 4.06. The molecule has 0 atom stereocenters. The lowest BCUT2D eigenvalue weighted by Crippen LogP contribution is -2.52. The molecule has 5 heteroatoms. The fourth-order valence-electron chi connectivity index (χ4n) is 2.83. The van der Waals surface area contributed by atoms with Crippen LogP contribution < -0.4 is 5.32 Å². The molecule has 0 aliphatic heterocycles. The topological polar surface area (TPSA) is 75.1 Å². The number of amides is 1. The van der Waals surface area contributed by atoms with Crippen LogP contribution in [0.2, 0.25) is 0 Å². The first kappa shape index (κ1) is 14.9. The van der Waals surface area contributed by atoms with E-state index >= 15 is 0 Å². The molecule has 1 aromatic heterocycles. The Morgan fingerprint density at radius 2 is 2.05 bits per heavy atom. The average molecular weight is 277 g/mol. The third-order valence-corrected chi connectivity index (χ3v) is 4.06. The van der Waals surface area contributed by atoms with E-state index in [9.17, 15) is 9.90 Å². The van der Waals surface area contributed by atoms with Gasteiger partial charge in [-0.05, 0) is 32.3 Å². The van der Waals surface area contributed by atoms with Crippen molar-refractivity contribution in [1.29, 1.82) is 0 Å². The number of carbonyl (C=O) groups is 1. The van der Waals surface area contributed by atoms with Gasteiger partial charge in [-0.25, -0.2) is 0 Å². The van der Waals surface area contributed by atoms with Crippen LogP contribution in [-0.4, -0.2) is 33.4 Å². The number of rotatable bonds is 4. The second-order valence-corrected chi connectivity index (χ2v) is 5.65. The number of aromatic nitrogens is 2. The molecule has 1 heterocycles. The maximum Gasteiger partial charge on any atom is 0.253 e. The number of aryl methyl sites for hydroxylation is 2. The van der Waals surface area contributed by atoms with Crippen molar-refractivity contribution < 1.29 is 9.90 Å². The van der Waals surface area contributed by atoms with E-state index in [-0.39, 0.29) is 12.5 Å². The van der Waals surface area contributed by atoms with Crippen molar-refractivity contribution in [3.8, 4) is 0 Å². The average Bonchev–Trinajstić information content (AvgIpc) is 2.48. The van der Waals surface area contributed by atoms with E-state index in [1.165, 1.54) is 6.42 Å². The molecule has 5 nitrogen and oxygen atoms in total. The molecule has 0 unspecified atom stereocenters. The minimum Gasteiger partial charge on any atom is -0.394 e. The van der Waals surface area contributed by atoms with Crippen LogP contribution in [0.5, 0.6) is 0 Å². The summed E-state index contributed by atoms with van der Waals surface area (Å²) in [5.74, 6) is -0.143. The van der Waals surface area contributed by atoms with Crippen LogP contribution in [0.15, 0.2) is 6.07 Å². The first-order valence-electron chi connectivity index (χ1n) is 7.37. The van der Waals surface area contributed by atoms with E-state index in [1.54, 1.807) is 6.07 Å². The molecule has 2 N–H and O–H groups in total. The Bertz CT molecular complexity index is 482. The van der Waals surface area contributed by atoms with Gasteiger partial charge in [0.1, 0.15) is 0 Å². The first-order valence-corrected chi connectivity index (χ1v) is 7.37. The van der Waals surface area contributed by atoms with Crippen LogP contribution in [0.1, 0.15) is 60.8 Å². The molecular formula is C15H23N3O2. The van der Waals surface area contributed by atoms with Crippen LogP contribution in [0.25, 0.3) is 0 Å². The van der Waals surface area contributed by atoms with Crippen LogP contribution in [-0.2, 0) is 6.42 Å². The van der Waals surface area contributed by atoms with Crippen LogP contribution in [0.3, 0.4) is 0 Å². The molecule has 0 spiro atoms. The predicted molar refractivity (Wildman–Crippen MR) is 76.5 cm³/mol. The Morgan fingerprint density at radius 3 is 2.65 bits per heavy atom. The molecule has 1 saturated carbocycles. The number of hydrogen-bond acceptors (Lipinski definition) is 4. The van der Waals surface area contributed by atoms with E-state index in [0.29, 0.717) is 17.7 Å². The normalized spacial score (nSPS) is 17.8. The van der Waals surface area contributed by atoms with E-state index in [0.717, 1.165) is 31.4 Å². The summed E-state index contributed by atoms with van der Waals surface area (Å²) in [4.78, 5) is 12.5. The molecule has 1 aromatic rings. The predicted octanol–water partition coefficient (Wildman–Crippen LogP) is 1.77. The standard InChI is InChI=1S/C15H23N3O2/c1-3-13-12(9-11(2)17-18-13)14(20)16-15(10-19)7-5-4-6-8-15/h9,19H,3-8,10H2,1-2H3,(H,16,20). The van der Waals surface area contributed by atoms with E-state index in [4.69, 9.17) is 0 Å². The molecule has 1 amide bonds. The molecule has 110 valence electrons. The Morgan fingerprint density at radius 1 is 1.35 bits per heavy atom. The SMILES string of the molecule is CCc1nnc(C)cc1C(=O)NC1(CO)CCCCC1. The summed E-state index contributed by atoms with van der Waals surface area (Å²) in [5.41, 5.74) is 1.56.